The van der Waals surface area contributed by atoms with Crippen LogP contribution in [0.5, 0.6) is 0 Å². The van der Waals surface area contributed by atoms with Crippen LogP contribution in [-0.2, 0) is 6.42 Å². The fourth-order valence-electron chi connectivity index (χ4n) is 3.18. The minimum atomic E-state index is -0.334. The van der Waals surface area contributed by atoms with Gasteiger partial charge in [-0.1, -0.05) is 13.3 Å². The number of nitrogens with one attached hydrogen (secondary N) is 2. The minimum Gasteiger partial charge on any atom is -0.280 e. The number of benzene rings is 1. The summed E-state index contributed by atoms with van der Waals surface area (Å²) in [6.07, 6.45) is 6.02. The molecule has 1 aliphatic rings. The molecule has 0 fully saturated rings. The Balaban J connectivity index is 1.74. The van der Waals surface area contributed by atoms with Crippen LogP contribution < -0.4 is 5.43 Å². The van der Waals surface area contributed by atoms with Crippen molar-refractivity contribution < 1.29 is 9.18 Å². The number of hydrazine groups is 1. The van der Waals surface area contributed by atoms with Gasteiger partial charge in [0.25, 0.3) is 5.91 Å². The molecule has 154 valence electrons. The number of nitrogens with zero attached hydrogens (tertiary/aromatic N) is 4. The number of H-pyrrole nitrogens is 1. The van der Waals surface area contributed by atoms with E-state index in [2.05, 4.69) is 50.1 Å². The molecule has 1 atom stereocenters. The summed E-state index contributed by atoms with van der Waals surface area (Å²) in [4.78, 5) is 21.6. The fraction of sp³-hybridized carbons (Fsp3) is 0.238. The van der Waals surface area contributed by atoms with Crippen LogP contribution >= 0.6 is 22.6 Å². The number of aryl methyl sites for hydroxylation is 1. The van der Waals surface area contributed by atoms with E-state index in [1.165, 1.54) is 18.3 Å². The Kier molecular flexibility index (Phi) is 6.07. The SMILES string of the molecule is CCCCc1[nH]nc2c1N=C(c1ccc(F)cc1)N(NC(=O)c1cccnc1)C2I. The van der Waals surface area contributed by atoms with Crippen molar-refractivity contribution in [1.29, 1.82) is 0 Å². The predicted octanol–water partition coefficient (Wildman–Crippen LogP) is 4.46. The lowest BCUT2D eigenvalue weighted by molar-refractivity contribution is 0.0864. The molecule has 1 unspecified atom stereocenters. The van der Waals surface area contributed by atoms with Gasteiger partial charge in [0.2, 0.25) is 0 Å². The minimum absolute atomic E-state index is 0.303. The van der Waals surface area contributed by atoms with Gasteiger partial charge in [0.15, 0.2) is 5.84 Å². The van der Waals surface area contributed by atoms with Gasteiger partial charge in [-0.15, -0.1) is 0 Å². The smallest absolute Gasteiger partial charge is 0.271 e. The number of amides is 1. The van der Waals surface area contributed by atoms with Crippen LogP contribution in [-0.4, -0.2) is 31.9 Å². The number of amidine groups is 1. The molecule has 1 amide bonds. The second-order valence-electron chi connectivity index (χ2n) is 6.87. The van der Waals surface area contributed by atoms with Crippen molar-refractivity contribution in [1.82, 2.24) is 25.6 Å². The normalized spacial score (nSPS) is 15.5. The van der Waals surface area contributed by atoms with E-state index in [9.17, 15) is 9.18 Å². The van der Waals surface area contributed by atoms with E-state index in [4.69, 9.17) is 4.99 Å². The Morgan fingerprint density at radius 3 is 2.80 bits per heavy atom. The molecule has 0 spiro atoms. The quantitative estimate of drug-likeness (QED) is 0.287. The molecular weight excluding hydrogens is 498 g/mol. The van der Waals surface area contributed by atoms with Crippen LogP contribution in [0, 0.1) is 5.82 Å². The molecule has 1 aliphatic heterocycles. The summed E-state index contributed by atoms with van der Waals surface area (Å²) in [5.74, 6) is -0.122. The van der Waals surface area contributed by atoms with E-state index in [0.29, 0.717) is 17.0 Å². The third-order valence-electron chi connectivity index (χ3n) is 4.77. The topological polar surface area (TPSA) is 86.3 Å². The standard InChI is InChI=1S/C21H20FIN6O/c1-2-3-6-16-17-18(27-26-16)19(23)29(28-21(30)14-5-4-11-24-12-14)20(25-17)13-7-9-15(22)10-8-13/h4-5,7-12,19H,2-3,6H2,1H3,(H,26,27)(H,28,30). The Morgan fingerprint density at radius 2 is 2.10 bits per heavy atom. The van der Waals surface area contributed by atoms with E-state index < -0.39 is 0 Å². The van der Waals surface area contributed by atoms with Crippen LogP contribution in [0.2, 0.25) is 0 Å². The number of hydrogen-bond acceptors (Lipinski definition) is 5. The number of carbonyl (C=O) groups excluding carboxylic acids is 1. The lowest BCUT2D eigenvalue weighted by atomic mass is 10.1. The highest BCUT2D eigenvalue weighted by Gasteiger charge is 2.34. The summed E-state index contributed by atoms with van der Waals surface area (Å²) in [6, 6.07) is 9.45. The predicted molar refractivity (Wildman–Crippen MR) is 120 cm³/mol. The molecule has 4 rings (SSSR count). The molecular formula is C21H20FIN6O. The number of aromatic amines is 1. The first-order valence-corrected chi connectivity index (χ1v) is 10.9. The van der Waals surface area contributed by atoms with Gasteiger partial charge in [-0.2, -0.15) is 5.10 Å². The molecule has 1 aromatic carbocycles. The highest BCUT2D eigenvalue weighted by atomic mass is 127. The van der Waals surface area contributed by atoms with Crippen LogP contribution in [0.4, 0.5) is 10.1 Å². The zero-order valence-corrected chi connectivity index (χ0v) is 18.4. The first-order valence-electron chi connectivity index (χ1n) is 9.64. The first-order chi connectivity index (χ1) is 14.6. The second kappa shape index (κ2) is 8.90. The third kappa shape index (κ3) is 4.07. The molecule has 0 radical (unpaired) electrons. The second-order valence-corrected chi connectivity index (χ2v) is 8.05. The summed E-state index contributed by atoms with van der Waals surface area (Å²) in [7, 11) is 0. The van der Waals surface area contributed by atoms with Crippen LogP contribution in [0.3, 0.4) is 0 Å². The zero-order chi connectivity index (χ0) is 21.1. The number of pyridine rings is 1. The molecule has 0 aliphatic carbocycles. The van der Waals surface area contributed by atoms with Crippen molar-refractivity contribution in [2.24, 2.45) is 4.99 Å². The number of carbonyl (C=O) groups is 1. The highest BCUT2D eigenvalue weighted by Crippen LogP contribution is 2.40. The number of hydrogen-bond donors (Lipinski definition) is 2. The maximum Gasteiger partial charge on any atom is 0.271 e. The Bertz CT molecular complexity index is 1070. The number of unbranched alkanes of at least 4 members (excludes halogenated alkanes) is 1. The average Bonchev–Trinajstić information content (AvgIpc) is 3.18. The average molecular weight is 518 g/mol. The van der Waals surface area contributed by atoms with Crippen molar-refractivity contribution in [3.63, 3.8) is 0 Å². The molecule has 0 saturated carbocycles. The first kappa shape index (κ1) is 20.5. The fourth-order valence-corrected chi connectivity index (χ4v) is 4.02. The lowest BCUT2D eigenvalue weighted by Crippen LogP contribution is -2.48. The van der Waals surface area contributed by atoms with Crippen molar-refractivity contribution in [3.05, 3.63) is 77.1 Å². The third-order valence-corrected chi connectivity index (χ3v) is 5.91. The molecule has 3 aromatic rings. The lowest BCUT2D eigenvalue weighted by Gasteiger charge is -2.33. The van der Waals surface area contributed by atoms with Crippen molar-refractivity contribution in [2.45, 2.75) is 30.2 Å². The van der Waals surface area contributed by atoms with Crippen molar-refractivity contribution >= 4 is 40.0 Å². The van der Waals surface area contributed by atoms with Crippen molar-refractivity contribution in [2.75, 3.05) is 0 Å². The van der Waals surface area contributed by atoms with Gasteiger partial charge in [0.1, 0.15) is 21.2 Å². The van der Waals surface area contributed by atoms with E-state index in [1.807, 2.05) is 0 Å². The molecule has 3 heterocycles. The van der Waals surface area contributed by atoms with Gasteiger partial charge < -0.3 is 0 Å². The van der Waals surface area contributed by atoms with Gasteiger partial charge in [0.05, 0.1) is 11.3 Å². The number of fused-ring (bicyclic) bond motifs is 1. The van der Waals surface area contributed by atoms with Crippen LogP contribution in [0.1, 0.15) is 51.1 Å². The number of alkyl halides is 1. The molecule has 30 heavy (non-hydrogen) atoms. The number of rotatable bonds is 6. The van der Waals surface area contributed by atoms with Gasteiger partial charge in [-0.3, -0.25) is 20.3 Å². The van der Waals surface area contributed by atoms with Crippen LogP contribution in [0.25, 0.3) is 0 Å². The van der Waals surface area contributed by atoms with Gasteiger partial charge in [0, 0.05) is 18.0 Å². The van der Waals surface area contributed by atoms with Gasteiger partial charge in [-0.05, 0) is 71.8 Å². The molecule has 2 N–H and O–H groups in total. The molecule has 7 nitrogen and oxygen atoms in total. The summed E-state index contributed by atoms with van der Waals surface area (Å²) in [5.41, 5.74) is 6.53. The number of aliphatic imine (C=N–C) groups is 1. The van der Waals surface area contributed by atoms with E-state index in [-0.39, 0.29) is 15.8 Å². The molecule has 0 bridgehead atoms. The van der Waals surface area contributed by atoms with Gasteiger partial charge in [-0.25, -0.2) is 14.4 Å². The Labute approximate surface area is 186 Å². The van der Waals surface area contributed by atoms with Crippen LogP contribution in [0.15, 0.2) is 53.8 Å². The Morgan fingerprint density at radius 1 is 1.30 bits per heavy atom. The summed E-state index contributed by atoms with van der Waals surface area (Å²) in [5, 5.41) is 9.22. The van der Waals surface area contributed by atoms with E-state index in [1.54, 1.807) is 35.5 Å². The number of aromatic nitrogens is 3. The highest BCUT2D eigenvalue weighted by molar-refractivity contribution is 14.1. The summed E-state index contributed by atoms with van der Waals surface area (Å²) >= 11 is 2.22. The summed E-state index contributed by atoms with van der Waals surface area (Å²) < 4.78 is 13.2. The van der Waals surface area contributed by atoms with Crippen molar-refractivity contribution in [3.8, 4) is 0 Å². The largest absolute Gasteiger partial charge is 0.280 e. The van der Waals surface area contributed by atoms with E-state index >= 15 is 0 Å². The zero-order valence-electron chi connectivity index (χ0n) is 16.3. The number of halogens is 2. The molecule has 2 aromatic heterocycles. The van der Waals surface area contributed by atoms with E-state index in [0.717, 1.165) is 36.3 Å². The van der Waals surface area contributed by atoms with Gasteiger partial charge >= 0.3 is 0 Å². The maximum absolute atomic E-state index is 13.5. The molecule has 9 heteroatoms. The Hall–Kier alpha value is -2.82. The summed E-state index contributed by atoms with van der Waals surface area (Å²) in [6.45, 7) is 2.13. The maximum atomic E-state index is 13.5. The monoisotopic (exact) mass is 518 g/mol. The molecule has 0 saturated heterocycles.